The predicted octanol–water partition coefficient (Wildman–Crippen LogP) is -1.06. The van der Waals surface area contributed by atoms with Gasteiger partial charge in [0.05, 0.1) is 6.04 Å². The summed E-state index contributed by atoms with van der Waals surface area (Å²) in [5.74, 6) is 2.53. The van der Waals surface area contributed by atoms with Gasteiger partial charge in [0, 0.05) is 6.42 Å². The molecule has 0 saturated carbocycles. The largest absolute Gasteiger partial charge is 0.386 e. The first-order valence-electron chi connectivity index (χ1n) is 2.90. The third-order valence-electron chi connectivity index (χ3n) is 0.957. The number of nitrogens with two attached hydrogens (primary N) is 3. The SMILES string of the molecule is C#CC[C@@H](N)/C(N)=N/C(N)=S. The van der Waals surface area contributed by atoms with Crippen molar-refractivity contribution in [1.82, 2.24) is 0 Å². The molecule has 5 heteroatoms. The molecule has 0 fully saturated rings. The van der Waals surface area contributed by atoms with Gasteiger partial charge in [0.2, 0.25) is 0 Å². The van der Waals surface area contributed by atoms with Crippen molar-refractivity contribution in [3.63, 3.8) is 0 Å². The molecule has 0 aromatic rings. The van der Waals surface area contributed by atoms with Crippen molar-refractivity contribution in [2.45, 2.75) is 12.5 Å². The highest BCUT2D eigenvalue weighted by molar-refractivity contribution is 7.80. The van der Waals surface area contributed by atoms with Crippen LogP contribution >= 0.6 is 12.2 Å². The Bertz CT molecular complexity index is 215. The lowest BCUT2D eigenvalue weighted by atomic mass is 10.2. The summed E-state index contributed by atoms with van der Waals surface area (Å²) in [6.07, 6.45) is 5.32. The van der Waals surface area contributed by atoms with E-state index < -0.39 is 6.04 Å². The Labute approximate surface area is 70.8 Å². The normalized spacial score (nSPS) is 13.6. The molecule has 0 aromatic carbocycles. The highest BCUT2D eigenvalue weighted by Crippen LogP contribution is 1.86. The summed E-state index contributed by atoms with van der Waals surface area (Å²) in [6.45, 7) is 0. The van der Waals surface area contributed by atoms with Crippen LogP contribution in [0.25, 0.3) is 0 Å². The first-order valence-corrected chi connectivity index (χ1v) is 3.31. The second-order valence-electron chi connectivity index (χ2n) is 1.89. The lowest BCUT2D eigenvalue weighted by Crippen LogP contribution is -2.37. The smallest absolute Gasteiger partial charge is 0.191 e. The van der Waals surface area contributed by atoms with Crippen LogP contribution in [0.3, 0.4) is 0 Å². The van der Waals surface area contributed by atoms with Crippen molar-refractivity contribution in [3.05, 3.63) is 0 Å². The van der Waals surface area contributed by atoms with Gasteiger partial charge in [-0.3, -0.25) is 0 Å². The third-order valence-corrected chi connectivity index (χ3v) is 1.05. The summed E-state index contributed by atoms with van der Waals surface area (Å²) in [4.78, 5) is 3.58. The lowest BCUT2D eigenvalue weighted by Gasteiger charge is -2.05. The number of rotatable bonds is 2. The van der Waals surface area contributed by atoms with Gasteiger partial charge in [-0.15, -0.1) is 12.3 Å². The van der Waals surface area contributed by atoms with E-state index >= 15 is 0 Å². The van der Waals surface area contributed by atoms with Crippen LogP contribution in [0.1, 0.15) is 6.42 Å². The molecule has 6 N–H and O–H groups in total. The van der Waals surface area contributed by atoms with E-state index in [1.54, 1.807) is 0 Å². The molecule has 0 spiro atoms. The van der Waals surface area contributed by atoms with Crippen LogP contribution in [0.4, 0.5) is 0 Å². The Balaban J connectivity index is 4.13. The van der Waals surface area contributed by atoms with Gasteiger partial charge in [0.15, 0.2) is 5.11 Å². The van der Waals surface area contributed by atoms with E-state index in [4.69, 9.17) is 23.6 Å². The van der Waals surface area contributed by atoms with Gasteiger partial charge in [-0.1, -0.05) is 0 Å². The summed E-state index contributed by atoms with van der Waals surface area (Å²) >= 11 is 4.48. The molecular weight excluding hydrogens is 160 g/mol. The maximum Gasteiger partial charge on any atom is 0.191 e. The van der Waals surface area contributed by atoms with E-state index in [-0.39, 0.29) is 10.9 Å². The highest BCUT2D eigenvalue weighted by Gasteiger charge is 2.04. The van der Waals surface area contributed by atoms with Gasteiger partial charge in [0.1, 0.15) is 5.84 Å². The van der Waals surface area contributed by atoms with Gasteiger partial charge >= 0.3 is 0 Å². The summed E-state index contributed by atoms with van der Waals surface area (Å²) in [7, 11) is 0. The van der Waals surface area contributed by atoms with Crippen LogP contribution in [-0.2, 0) is 0 Å². The minimum Gasteiger partial charge on any atom is -0.386 e. The average Bonchev–Trinajstić information content (AvgIpc) is 1.86. The van der Waals surface area contributed by atoms with Gasteiger partial charge in [0.25, 0.3) is 0 Å². The van der Waals surface area contributed by atoms with Crippen molar-refractivity contribution in [2.24, 2.45) is 22.2 Å². The fourth-order valence-corrected chi connectivity index (χ4v) is 0.547. The van der Waals surface area contributed by atoms with Gasteiger partial charge in [-0.25, -0.2) is 4.99 Å². The fourth-order valence-electron chi connectivity index (χ4n) is 0.442. The zero-order valence-corrected chi connectivity index (χ0v) is 6.77. The Morgan fingerprint density at radius 2 is 2.18 bits per heavy atom. The molecule has 0 radical (unpaired) electrons. The number of nitrogens with zero attached hydrogens (tertiary/aromatic N) is 1. The van der Waals surface area contributed by atoms with Crippen LogP contribution in [0.2, 0.25) is 0 Å². The van der Waals surface area contributed by atoms with Crippen molar-refractivity contribution in [1.29, 1.82) is 0 Å². The van der Waals surface area contributed by atoms with Gasteiger partial charge in [-0.05, 0) is 12.2 Å². The minimum atomic E-state index is -0.457. The minimum absolute atomic E-state index is 0.0324. The summed E-state index contributed by atoms with van der Waals surface area (Å²) in [5, 5.41) is -0.0324. The van der Waals surface area contributed by atoms with E-state index in [1.165, 1.54) is 0 Å². The Morgan fingerprint density at radius 3 is 2.55 bits per heavy atom. The third kappa shape index (κ3) is 4.31. The van der Waals surface area contributed by atoms with Crippen molar-refractivity contribution < 1.29 is 0 Å². The predicted molar refractivity (Wildman–Crippen MR) is 49.8 cm³/mol. The molecular formula is C6H10N4S. The standard InChI is InChI=1S/C6H10N4S/c1-2-3-4(7)5(8)10-6(9)11/h1,4H,3,7H2,(H4,8,9,10,11)/t4-/m1/s1. The van der Waals surface area contributed by atoms with E-state index in [9.17, 15) is 0 Å². The number of terminal acetylenes is 1. The van der Waals surface area contributed by atoms with Crippen LogP contribution in [0.15, 0.2) is 4.99 Å². The second-order valence-corrected chi connectivity index (χ2v) is 2.31. The molecule has 60 valence electrons. The van der Waals surface area contributed by atoms with Crippen LogP contribution in [0, 0.1) is 12.3 Å². The molecule has 0 rings (SSSR count). The first-order chi connectivity index (χ1) is 5.07. The zero-order valence-electron chi connectivity index (χ0n) is 5.95. The van der Waals surface area contributed by atoms with Gasteiger partial charge in [-0.2, -0.15) is 0 Å². The zero-order chi connectivity index (χ0) is 8.85. The first kappa shape index (κ1) is 9.88. The van der Waals surface area contributed by atoms with Gasteiger partial charge < -0.3 is 17.2 Å². The molecule has 0 saturated heterocycles. The number of amidine groups is 1. The Hall–Kier alpha value is -1.12. The second kappa shape index (κ2) is 4.66. The Morgan fingerprint density at radius 1 is 1.64 bits per heavy atom. The van der Waals surface area contributed by atoms with E-state index in [1.807, 2.05) is 0 Å². The maximum absolute atomic E-state index is 5.46. The Kier molecular flexibility index (Phi) is 4.18. The van der Waals surface area contributed by atoms with E-state index in [0.717, 1.165) is 0 Å². The van der Waals surface area contributed by atoms with Crippen molar-refractivity contribution in [3.8, 4) is 12.3 Å². The van der Waals surface area contributed by atoms with E-state index in [0.29, 0.717) is 6.42 Å². The molecule has 0 unspecified atom stereocenters. The summed E-state index contributed by atoms with van der Waals surface area (Å²) in [6, 6.07) is -0.457. The fraction of sp³-hybridized carbons (Fsp3) is 0.333. The number of thiocarbonyl (C=S) groups is 1. The molecule has 0 aliphatic carbocycles. The summed E-state index contributed by atoms with van der Waals surface area (Å²) in [5.41, 5.74) is 15.9. The molecule has 0 aromatic heterocycles. The quantitative estimate of drug-likeness (QED) is 0.213. The van der Waals surface area contributed by atoms with E-state index in [2.05, 4.69) is 23.1 Å². The van der Waals surface area contributed by atoms with Crippen LogP contribution < -0.4 is 17.2 Å². The van der Waals surface area contributed by atoms with Crippen molar-refractivity contribution >= 4 is 23.2 Å². The van der Waals surface area contributed by atoms with Crippen LogP contribution in [-0.4, -0.2) is 17.0 Å². The number of hydrogen-bond donors (Lipinski definition) is 3. The maximum atomic E-state index is 5.46. The average molecular weight is 170 g/mol. The molecule has 0 bridgehead atoms. The lowest BCUT2D eigenvalue weighted by molar-refractivity contribution is 0.886. The highest BCUT2D eigenvalue weighted by atomic mass is 32.1. The monoisotopic (exact) mass is 170 g/mol. The number of aliphatic imine (C=N–C) groups is 1. The molecule has 0 amide bonds. The van der Waals surface area contributed by atoms with Crippen molar-refractivity contribution in [2.75, 3.05) is 0 Å². The van der Waals surface area contributed by atoms with Crippen LogP contribution in [0.5, 0.6) is 0 Å². The molecule has 4 nitrogen and oxygen atoms in total. The molecule has 0 heterocycles. The summed E-state index contributed by atoms with van der Waals surface area (Å²) < 4.78 is 0. The molecule has 11 heavy (non-hydrogen) atoms. The molecule has 0 aliphatic heterocycles. The topological polar surface area (TPSA) is 90.4 Å². The number of hydrogen-bond acceptors (Lipinski definition) is 2. The molecule has 0 aliphatic rings. The molecule has 1 atom stereocenters.